The monoisotopic (exact) mass is 315 g/mol. The number of furan rings is 1. The molecule has 0 N–H and O–H groups in total. The summed E-state index contributed by atoms with van der Waals surface area (Å²) in [4.78, 5) is 12.0. The number of hydrogen-bond acceptors (Lipinski definition) is 5. The van der Waals surface area contributed by atoms with Gasteiger partial charge in [-0.3, -0.25) is 9.80 Å². The number of piperazine rings is 1. The van der Waals surface area contributed by atoms with Crippen molar-refractivity contribution in [1.29, 1.82) is 0 Å². The molecule has 23 heavy (non-hydrogen) atoms. The van der Waals surface area contributed by atoms with E-state index in [0.717, 1.165) is 64.7 Å². The average Bonchev–Trinajstić information content (AvgIpc) is 3.20. The molecule has 2 aromatic heterocycles. The quantitative estimate of drug-likeness (QED) is 0.849. The molecule has 124 valence electrons. The molecule has 2 aromatic rings. The van der Waals surface area contributed by atoms with E-state index < -0.39 is 0 Å². The van der Waals surface area contributed by atoms with Gasteiger partial charge in [-0.05, 0) is 19.2 Å². The van der Waals surface area contributed by atoms with Crippen molar-refractivity contribution in [3.63, 3.8) is 0 Å². The van der Waals surface area contributed by atoms with E-state index in [1.807, 2.05) is 12.1 Å². The van der Waals surface area contributed by atoms with Gasteiger partial charge in [0.25, 0.3) is 0 Å². The molecule has 6 heteroatoms. The molecule has 4 rings (SSSR count). The number of nitrogens with zero attached hydrogens (tertiary/aromatic N) is 5. The standard InChI is InChI=1S/C17H25N5O/c1-19-4-6-20(7-5-19)12-15-11-18-17-14-21(8-9-22(15)17)13-16-3-2-10-23-16/h2-3,10-11H,4-9,12-14H2,1H3. The van der Waals surface area contributed by atoms with Crippen molar-refractivity contribution in [1.82, 2.24) is 24.3 Å². The van der Waals surface area contributed by atoms with Crippen LogP contribution in [0.25, 0.3) is 0 Å². The van der Waals surface area contributed by atoms with Crippen LogP contribution >= 0.6 is 0 Å². The van der Waals surface area contributed by atoms with Gasteiger partial charge in [0.15, 0.2) is 0 Å². The van der Waals surface area contributed by atoms with E-state index >= 15 is 0 Å². The fraction of sp³-hybridized carbons (Fsp3) is 0.588. The number of hydrogen-bond donors (Lipinski definition) is 0. The van der Waals surface area contributed by atoms with E-state index in [1.54, 1.807) is 6.26 Å². The molecular weight excluding hydrogens is 290 g/mol. The Kier molecular flexibility index (Phi) is 4.20. The number of likely N-dealkylation sites (N-methyl/N-ethyl adjacent to an activating group) is 1. The summed E-state index contributed by atoms with van der Waals surface area (Å²) in [5, 5.41) is 0. The summed E-state index contributed by atoms with van der Waals surface area (Å²) in [6.07, 6.45) is 3.82. The lowest BCUT2D eigenvalue weighted by atomic mass is 10.3. The average molecular weight is 315 g/mol. The third kappa shape index (κ3) is 3.34. The molecule has 0 aliphatic carbocycles. The van der Waals surface area contributed by atoms with E-state index in [0.29, 0.717) is 0 Å². The van der Waals surface area contributed by atoms with Gasteiger partial charge in [-0.15, -0.1) is 0 Å². The summed E-state index contributed by atoms with van der Waals surface area (Å²) >= 11 is 0. The van der Waals surface area contributed by atoms with Gasteiger partial charge in [-0.2, -0.15) is 0 Å². The van der Waals surface area contributed by atoms with Crippen LogP contribution in [-0.2, 0) is 26.2 Å². The zero-order valence-electron chi connectivity index (χ0n) is 13.8. The summed E-state index contributed by atoms with van der Waals surface area (Å²) in [6.45, 7) is 9.52. The topological polar surface area (TPSA) is 40.7 Å². The second-order valence-electron chi connectivity index (χ2n) is 6.69. The molecule has 1 saturated heterocycles. The van der Waals surface area contributed by atoms with Crippen molar-refractivity contribution in [2.45, 2.75) is 26.2 Å². The highest BCUT2D eigenvalue weighted by molar-refractivity contribution is 5.09. The first-order chi connectivity index (χ1) is 11.3. The minimum absolute atomic E-state index is 0.869. The van der Waals surface area contributed by atoms with Gasteiger partial charge in [0.2, 0.25) is 0 Å². The first-order valence-corrected chi connectivity index (χ1v) is 8.47. The van der Waals surface area contributed by atoms with Crippen molar-refractivity contribution in [3.8, 4) is 0 Å². The summed E-state index contributed by atoms with van der Waals surface area (Å²) in [7, 11) is 2.20. The Labute approximate surface area is 137 Å². The highest BCUT2D eigenvalue weighted by atomic mass is 16.3. The van der Waals surface area contributed by atoms with Crippen LogP contribution < -0.4 is 0 Å². The smallest absolute Gasteiger partial charge is 0.123 e. The first-order valence-electron chi connectivity index (χ1n) is 8.47. The maximum atomic E-state index is 5.46. The molecule has 0 saturated carbocycles. The fourth-order valence-electron chi connectivity index (χ4n) is 3.49. The number of fused-ring (bicyclic) bond motifs is 1. The van der Waals surface area contributed by atoms with Crippen molar-refractivity contribution in [2.75, 3.05) is 39.8 Å². The normalized spacial score (nSPS) is 20.7. The Morgan fingerprint density at radius 2 is 1.87 bits per heavy atom. The zero-order valence-corrected chi connectivity index (χ0v) is 13.8. The third-order valence-electron chi connectivity index (χ3n) is 4.97. The highest BCUT2D eigenvalue weighted by Crippen LogP contribution is 2.18. The van der Waals surface area contributed by atoms with Gasteiger partial charge in [0, 0.05) is 52.0 Å². The van der Waals surface area contributed by atoms with Gasteiger partial charge >= 0.3 is 0 Å². The van der Waals surface area contributed by atoms with E-state index in [4.69, 9.17) is 4.42 Å². The Bertz CT molecular complexity index is 627. The summed E-state index contributed by atoms with van der Waals surface area (Å²) < 4.78 is 7.87. The number of rotatable bonds is 4. The van der Waals surface area contributed by atoms with E-state index in [-0.39, 0.29) is 0 Å². The lowest BCUT2D eigenvalue weighted by molar-refractivity contribution is 0.142. The lowest BCUT2D eigenvalue weighted by Crippen LogP contribution is -2.44. The molecule has 0 spiro atoms. The number of aromatic nitrogens is 2. The fourth-order valence-corrected chi connectivity index (χ4v) is 3.49. The maximum Gasteiger partial charge on any atom is 0.123 e. The number of imidazole rings is 1. The second-order valence-corrected chi connectivity index (χ2v) is 6.69. The van der Waals surface area contributed by atoms with Gasteiger partial charge < -0.3 is 13.9 Å². The molecular formula is C17H25N5O. The van der Waals surface area contributed by atoms with E-state index in [2.05, 4.69) is 37.5 Å². The molecule has 2 aliphatic heterocycles. The van der Waals surface area contributed by atoms with Crippen LogP contribution in [0.5, 0.6) is 0 Å². The molecule has 0 radical (unpaired) electrons. The predicted octanol–water partition coefficient (Wildman–Crippen LogP) is 1.24. The molecule has 6 nitrogen and oxygen atoms in total. The second kappa shape index (κ2) is 6.47. The Hall–Kier alpha value is -1.63. The van der Waals surface area contributed by atoms with Crippen molar-refractivity contribution < 1.29 is 4.42 Å². The van der Waals surface area contributed by atoms with E-state index in [1.165, 1.54) is 11.5 Å². The Morgan fingerprint density at radius 3 is 2.65 bits per heavy atom. The van der Waals surface area contributed by atoms with Crippen molar-refractivity contribution in [3.05, 3.63) is 41.9 Å². The van der Waals surface area contributed by atoms with Gasteiger partial charge in [0.05, 0.1) is 25.0 Å². The van der Waals surface area contributed by atoms with Crippen LogP contribution in [0.15, 0.2) is 29.0 Å². The summed E-state index contributed by atoms with van der Waals surface area (Å²) in [6, 6.07) is 3.99. The lowest BCUT2D eigenvalue weighted by Gasteiger charge is -2.33. The van der Waals surface area contributed by atoms with Gasteiger partial charge in [-0.25, -0.2) is 4.98 Å². The molecule has 2 aliphatic rings. The molecule has 4 heterocycles. The van der Waals surface area contributed by atoms with Crippen LogP contribution in [0.2, 0.25) is 0 Å². The van der Waals surface area contributed by atoms with Crippen LogP contribution in [0, 0.1) is 0 Å². The first kappa shape index (κ1) is 14.9. The third-order valence-corrected chi connectivity index (χ3v) is 4.97. The Balaban J connectivity index is 1.38. The predicted molar refractivity (Wildman–Crippen MR) is 87.8 cm³/mol. The molecule has 1 fully saturated rings. The zero-order chi connectivity index (χ0) is 15.6. The summed E-state index contributed by atoms with van der Waals surface area (Å²) in [5.74, 6) is 2.22. The largest absolute Gasteiger partial charge is 0.468 e. The minimum atomic E-state index is 0.869. The minimum Gasteiger partial charge on any atom is -0.468 e. The van der Waals surface area contributed by atoms with Gasteiger partial charge in [-0.1, -0.05) is 0 Å². The van der Waals surface area contributed by atoms with Crippen LogP contribution in [0.1, 0.15) is 17.3 Å². The SMILES string of the molecule is CN1CCN(Cc2cnc3n2CCN(Cc2ccco2)C3)CC1. The molecule has 0 bridgehead atoms. The highest BCUT2D eigenvalue weighted by Gasteiger charge is 2.22. The molecule has 0 unspecified atom stereocenters. The molecule has 0 atom stereocenters. The van der Waals surface area contributed by atoms with Crippen molar-refractivity contribution in [2.24, 2.45) is 0 Å². The van der Waals surface area contributed by atoms with Gasteiger partial charge in [0.1, 0.15) is 11.6 Å². The van der Waals surface area contributed by atoms with Crippen LogP contribution in [0.3, 0.4) is 0 Å². The summed E-state index contributed by atoms with van der Waals surface area (Å²) in [5.41, 5.74) is 1.36. The van der Waals surface area contributed by atoms with E-state index in [9.17, 15) is 0 Å². The van der Waals surface area contributed by atoms with Crippen LogP contribution in [0.4, 0.5) is 0 Å². The maximum absolute atomic E-state index is 5.46. The van der Waals surface area contributed by atoms with Crippen molar-refractivity contribution >= 4 is 0 Å². The van der Waals surface area contributed by atoms with Crippen LogP contribution in [-0.4, -0.2) is 64.0 Å². The Morgan fingerprint density at radius 1 is 1.04 bits per heavy atom. The molecule has 0 aromatic carbocycles. The molecule has 0 amide bonds.